The summed E-state index contributed by atoms with van der Waals surface area (Å²) in [4.78, 5) is 30.9. The zero-order valence-electron chi connectivity index (χ0n) is 20.9. The van der Waals surface area contributed by atoms with Crippen LogP contribution in [0.15, 0.2) is 30.5 Å². The third-order valence-corrected chi connectivity index (χ3v) is 8.78. The van der Waals surface area contributed by atoms with Gasteiger partial charge in [0, 0.05) is 34.9 Å². The molecule has 11 nitrogen and oxygen atoms in total. The molecule has 4 fully saturated rings. The number of hydrogen-bond donors (Lipinski definition) is 5. The molecule has 4 unspecified atom stereocenters. The van der Waals surface area contributed by atoms with Gasteiger partial charge < -0.3 is 44.5 Å². The van der Waals surface area contributed by atoms with E-state index in [2.05, 4.69) is 22.2 Å². The number of carbonyl (C=O) groups is 2. The Balaban J connectivity index is 1.28. The number of aliphatic hydroxyl groups excluding tert-OH is 3. The summed E-state index contributed by atoms with van der Waals surface area (Å²) in [5, 5.41) is 40.7. The number of esters is 1. The van der Waals surface area contributed by atoms with E-state index in [1.54, 1.807) is 0 Å². The Morgan fingerprint density at radius 2 is 1.97 bits per heavy atom. The molecule has 1 aromatic heterocycles. The molecule has 4 aliphatic heterocycles. The maximum atomic E-state index is 13.7. The Kier molecular flexibility index (Phi) is 6.23. The van der Waals surface area contributed by atoms with Crippen molar-refractivity contribution in [1.29, 1.82) is 0 Å². The Bertz CT molecular complexity index is 1280. The summed E-state index contributed by atoms with van der Waals surface area (Å²) in [6.45, 7) is 0.924. The van der Waals surface area contributed by atoms with Gasteiger partial charge in [0.25, 0.3) is 0 Å². The number of aliphatic carboxylic acids is 1. The van der Waals surface area contributed by atoms with Gasteiger partial charge in [-0.3, -0.25) is 4.79 Å². The molecule has 1 saturated carbocycles. The number of aromatic amines is 1. The Labute approximate surface area is 218 Å². The van der Waals surface area contributed by atoms with E-state index in [0.29, 0.717) is 12.8 Å². The molecule has 0 spiro atoms. The van der Waals surface area contributed by atoms with Crippen molar-refractivity contribution in [1.82, 2.24) is 9.88 Å². The minimum Gasteiger partial charge on any atom is -0.479 e. The first-order valence-electron chi connectivity index (χ1n) is 12.9. The standard InChI is InChI=1S/C27H32N2O9/c1-36-26(35)27-11-13-10-14(7-9-37-25-20(32)18(30)19(31)21(38-25)24(33)34)23(27)29(12-13)8-6-16-15-4-2-3-5-17(15)28-22(16)27/h2-6,8,13-14,18-21,23,25,28,30-32H,7,9-12H2,1H3,(H,33,34)/t13?,14?,18-,19-,20+,21-,23?,25+,27?/m0/s1. The molecular formula is C27H32N2O9. The zero-order chi connectivity index (χ0) is 26.8. The summed E-state index contributed by atoms with van der Waals surface area (Å²) in [5.74, 6) is -1.49. The highest BCUT2D eigenvalue weighted by Crippen LogP contribution is 2.55. The van der Waals surface area contributed by atoms with Gasteiger partial charge in [0.15, 0.2) is 12.4 Å². The van der Waals surface area contributed by atoms with E-state index in [-0.39, 0.29) is 30.5 Å². The molecule has 1 aliphatic carbocycles. The summed E-state index contributed by atoms with van der Waals surface area (Å²) in [6.07, 6.45) is -2.05. The van der Waals surface area contributed by atoms with Crippen molar-refractivity contribution in [2.45, 2.75) is 61.4 Å². The number of para-hydroxylation sites is 1. The van der Waals surface area contributed by atoms with Crippen molar-refractivity contribution < 1.29 is 44.2 Å². The van der Waals surface area contributed by atoms with Crippen LogP contribution in [0.3, 0.4) is 0 Å². The van der Waals surface area contributed by atoms with E-state index in [4.69, 9.17) is 14.2 Å². The lowest BCUT2D eigenvalue weighted by Crippen LogP contribution is -2.66. The van der Waals surface area contributed by atoms with Crippen LogP contribution >= 0.6 is 0 Å². The van der Waals surface area contributed by atoms with Gasteiger partial charge in [-0.05, 0) is 43.2 Å². The average molecular weight is 529 g/mol. The van der Waals surface area contributed by atoms with Crippen LogP contribution in [0, 0.1) is 11.8 Å². The van der Waals surface area contributed by atoms with Crippen molar-refractivity contribution in [2.75, 3.05) is 20.3 Å². The third kappa shape index (κ3) is 3.68. The number of nitrogens with one attached hydrogen (secondary N) is 1. The van der Waals surface area contributed by atoms with Crippen LogP contribution in [0.1, 0.15) is 30.5 Å². The fourth-order valence-corrected chi connectivity index (χ4v) is 7.28. The van der Waals surface area contributed by atoms with Gasteiger partial charge in [-0.1, -0.05) is 18.2 Å². The molecule has 9 atom stereocenters. The van der Waals surface area contributed by atoms with Crippen molar-refractivity contribution in [3.63, 3.8) is 0 Å². The fourth-order valence-electron chi connectivity index (χ4n) is 7.28. The van der Waals surface area contributed by atoms with E-state index < -0.39 is 42.1 Å². The number of carboxylic acid groups (broad SMARTS) is 1. The fraction of sp³-hybridized carbons (Fsp3) is 0.556. The van der Waals surface area contributed by atoms with Gasteiger partial charge in [0.2, 0.25) is 0 Å². The van der Waals surface area contributed by atoms with Gasteiger partial charge in [0.1, 0.15) is 23.7 Å². The lowest BCUT2D eigenvalue weighted by atomic mass is 9.56. The highest BCUT2D eigenvalue weighted by molar-refractivity contribution is 5.96. The van der Waals surface area contributed by atoms with E-state index in [1.165, 1.54) is 7.11 Å². The van der Waals surface area contributed by atoms with Gasteiger partial charge >= 0.3 is 11.9 Å². The SMILES string of the molecule is COC(=O)C12CC3CC(CCO[C@@H]4O[C@H](C(=O)O)[C@@H](O)[C@H](O)[C@H]4O)C1N(C=Cc1c2[nH]c2ccccc12)C3. The number of hydrogen-bond acceptors (Lipinski definition) is 9. The number of methoxy groups -OCH3 is 1. The highest BCUT2D eigenvalue weighted by Gasteiger charge is 2.62. The van der Waals surface area contributed by atoms with Gasteiger partial charge in [-0.15, -0.1) is 0 Å². The summed E-state index contributed by atoms with van der Waals surface area (Å²) in [6, 6.07) is 7.77. The van der Waals surface area contributed by atoms with E-state index in [1.807, 2.05) is 24.3 Å². The second kappa shape index (κ2) is 9.35. The summed E-state index contributed by atoms with van der Waals surface area (Å²) in [5.41, 5.74) is 1.89. The topological polar surface area (TPSA) is 162 Å². The number of fused-ring (bicyclic) bond motifs is 4. The van der Waals surface area contributed by atoms with E-state index in [0.717, 1.165) is 35.1 Å². The monoisotopic (exact) mass is 528 g/mol. The second-order valence-corrected chi connectivity index (χ2v) is 10.8. The molecule has 2 aromatic rings. The molecule has 1 aromatic carbocycles. The lowest BCUT2D eigenvalue weighted by Gasteiger charge is -2.58. The van der Waals surface area contributed by atoms with Crippen LogP contribution in [0.4, 0.5) is 0 Å². The number of aliphatic hydroxyl groups is 3. The van der Waals surface area contributed by atoms with Crippen molar-refractivity contribution in [3.05, 3.63) is 41.7 Å². The average Bonchev–Trinajstić information content (AvgIpc) is 3.25. The minimum atomic E-state index is -1.77. The Morgan fingerprint density at radius 3 is 2.74 bits per heavy atom. The number of benzene rings is 1. The largest absolute Gasteiger partial charge is 0.479 e. The van der Waals surface area contributed by atoms with E-state index >= 15 is 0 Å². The third-order valence-electron chi connectivity index (χ3n) is 8.78. The van der Waals surface area contributed by atoms with Crippen LogP contribution in [-0.2, 0) is 29.2 Å². The molecule has 11 heteroatoms. The first kappa shape index (κ1) is 25.3. The van der Waals surface area contributed by atoms with E-state index in [9.17, 15) is 30.0 Å². The van der Waals surface area contributed by atoms with Crippen LogP contribution in [0.25, 0.3) is 17.0 Å². The van der Waals surface area contributed by atoms with Crippen LogP contribution in [0.5, 0.6) is 0 Å². The first-order valence-corrected chi connectivity index (χ1v) is 12.9. The zero-order valence-corrected chi connectivity index (χ0v) is 20.9. The first-order chi connectivity index (χ1) is 18.3. The van der Waals surface area contributed by atoms with Gasteiger partial charge in [-0.25, -0.2) is 4.79 Å². The summed E-state index contributed by atoms with van der Waals surface area (Å²) < 4.78 is 16.4. The number of carbonyl (C=O) groups excluding carboxylic acids is 1. The van der Waals surface area contributed by atoms with Crippen molar-refractivity contribution >= 4 is 28.9 Å². The molecule has 5 aliphatic rings. The number of piperidine rings is 2. The molecule has 38 heavy (non-hydrogen) atoms. The van der Waals surface area contributed by atoms with Crippen molar-refractivity contribution in [3.8, 4) is 0 Å². The number of ether oxygens (including phenoxy) is 3. The van der Waals surface area contributed by atoms with Crippen LogP contribution < -0.4 is 0 Å². The number of rotatable bonds is 6. The molecule has 3 saturated heterocycles. The number of nitrogens with zero attached hydrogens (tertiary/aromatic N) is 1. The molecule has 5 N–H and O–H groups in total. The summed E-state index contributed by atoms with van der Waals surface area (Å²) in [7, 11) is 1.42. The lowest BCUT2D eigenvalue weighted by molar-refractivity contribution is -0.294. The Hall–Kier alpha value is -2.96. The molecule has 5 heterocycles. The van der Waals surface area contributed by atoms with Crippen molar-refractivity contribution in [2.24, 2.45) is 11.8 Å². The minimum absolute atomic E-state index is 0.0233. The molecule has 0 amide bonds. The molecular weight excluding hydrogens is 496 g/mol. The van der Waals surface area contributed by atoms with Gasteiger partial charge in [-0.2, -0.15) is 0 Å². The smallest absolute Gasteiger partial charge is 0.335 e. The van der Waals surface area contributed by atoms with Crippen LogP contribution in [-0.4, -0.2) is 99.3 Å². The Morgan fingerprint density at radius 1 is 1.18 bits per heavy atom. The molecule has 0 radical (unpaired) electrons. The second-order valence-electron chi connectivity index (χ2n) is 10.8. The molecule has 204 valence electrons. The predicted octanol–water partition coefficient (Wildman–Crippen LogP) is 0.572. The van der Waals surface area contributed by atoms with Crippen LogP contribution in [0.2, 0.25) is 0 Å². The number of H-pyrrole nitrogens is 1. The maximum Gasteiger partial charge on any atom is 0.335 e. The normalized spacial score (nSPS) is 37.6. The number of aromatic nitrogens is 1. The molecule has 4 bridgehead atoms. The van der Waals surface area contributed by atoms with Gasteiger partial charge in [0.05, 0.1) is 19.8 Å². The summed E-state index contributed by atoms with van der Waals surface area (Å²) >= 11 is 0. The quantitative estimate of drug-likeness (QED) is 0.335. The highest BCUT2D eigenvalue weighted by atomic mass is 16.7. The molecule has 7 rings (SSSR count). The predicted molar refractivity (Wildman–Crippen MR) is 133 cm³/mol. The number of carboxylic acids is 1. The maximum absolute atomic E-state index is 13.7.